The van der Waals surface area contributed by atoms with E-state index >= 15 is 0 Å². The number of benzene rings is 1. The summed E-state index contributed by atoms with van der Waals surface area (Å²) in [6.45, 7) is 0.772. The van der Waals surface area contributed by atoms with Crippen LogP contribution in [-0.4, -0.2) is 26.7 Å². The predicted octanol–water partition coefficient (Wildman–Crippen LogP) is 2.48. The Morgan fingerprint density at radius 1 is 1.29 bits per heavy atom. The van der Waals surface area contributed by atoms with Gasteiger partial charge in [0.1, 0.15) is 5.75 Å². The molecule has 0 aliphatic heterocycles. The van der Waals surface area contributed by atoms with Crippen LogP contribution < -0.4 is 10.1 Å². The molecule has 0 bridgehead atoms. The smallest absolute Gasteiger partial charge is 0.319 e. The molecule has 1 rings (SSSR count). The first-order valence-electron chi connectivity index (χ1n) is 4.88. The Morgan fingerprint density at radius 3 is 2.35 bits per heavy atom. The van der Waals surface area contributed by atoms with Gasteiger partial charge in [0.15, 0.2) is 0 Å². The minimum absolute atomic E-state index is 0.192. The Morgan fingerprint density at radius 2 is 1.88 bits per heavy atom. The molecule has 94 valence electrons. The minimum Gasteiger partial charge on any atom is -0.494 e. The van der Waals surface area contributed by atoms with Gasteiger partial charge in [0, 0.05) is 6.54 Å². The van der Waals surface area contributed by atoms with Crippen molar-refractivity contribution in [2.45, 2.75) is 6.54 Å². The number of esters is 1. The molecule has 0 saturated carbocycles. The molecular weight excluding hydrogens is 354 g/mol. The van der Waals surface area contributed by atoms with Crippen molar-refractivity contribution in [3.63, 3.8) is 0 Å². The summed E-state index contributed by atoms with van der Waals surface area (Å²) in [4.78, 5) is 10.9. The molecule has 0 spiro atoms. The van der Waals surface area contributed by atoms with Crippen molar-refractivity contribution in [3.05, 3.63) is 26.6 Å². The molecule has 1 aromatic carbocycles. The minimum atomic E-state index is -0.281. The Labute approximate surface area is 117 Å². The summed E-state index contributed by atoms with van der Waals surface area (Å²) in [7, 11) is 2.98. The van der Waals surface area contributed by atoms with Gasteiger partial charge < -0.3 is 14.8 Å². The highest BCUT2D eigenvalue weighted by molar-refractivity contribution is 9.11. The molecule has 0 atom stereocenters. The number of hydrogen-bond donors (Lipinski definition) is 1. The lowest BCUT2D eigenvalue weighted by molar-refractivity contribution is -0.139. The van der Waals surface area contributed by atoms with Gasteiger partial charge in [0.05, 0.1) is 29.7 Å². The van der Waals surface area contributed by atoms with Gasteiger partial charge in [-0.15, -0.1) is 0 Å². The summed E-state index contributed by atoms with van der Waals surface area (Å²) in [6, 6.07) is 3.88. The van der Waals surface area contributed by atoms with E-state index in [1.54, 1.807) is 7.11 Å². The van der Waals surface area contributed by atoms with E-state index in [0.717, 1.165) is 20.3 Å². The van der Waals surface area contributed by atoms with Crippen LogP contribution >= 0.6 is 31.9 Å². The number of nitrogens with one attached hydrogen (secondary N) is 1. The third-order valence-electron chi connectivity index (χ3n) is 2.09. The van der Waals surface area contributed by atoms with Crippen LogP contribution in [0.4, 0.5) is 0 Å². The zero-order valence-corrected chi connectivity index (χ0v) is 12.7. The SMILES string of the molecule is COC(=O)CNCc1cc(Br)c(OC)c(Br)c1. The molecule has 0 aromatic heterocycles. The first-order chi connectivity index (χ1) is 8.08. The summed E-state index contributed by atoms with van der Waals surface area (Å²) >= 11 is 6.84. The van der Waals surface area contributed by atoms with Crippen LogP contribution in [0.1, 0.15) is 5.56 Å². The van der Waals surface area contributed by atoms with Gasteiger partial charge in [-0.1, -0.05) is 0 Å². The number of methoxy groups -OCH3 is 2. The van der Waals surface area contributed by atoms with E-state index in [9.17, 15) is 4.79 Å². The summed E-state index contributed by atoms with van der Waals surface area (Å²) in [6.07, 6.45) is 0. The summed E-state index contributed by atoms with van der Waals surface area (Å²) in [5, 5.41) is 2.99. The van der Waals surface area contributed by atoms with E-state index in [-0.39, 0.29) is 12.5 Å². The van der Waals surface area contributed by atoms with Gasteiger partial charge in [-0.25, -0.2) is 0 Å². The van der Waals surface area contributed by atoms with Crippen LogP contribution in [0.25, 0.3) is 0 Å². The third-order valence-corrected chi connectivity index (χ3v) is 3.27. The topological polar surface area (TPSA) is 47.6 Å². The Kier molecular flexibility index (Phi) is 5.94. The largest absolute Gasteiger partial charge is 0.494 e. The van der Waals surface area contributed by atoms with Crippen LogP contribution in [0, 0.1) is 0 Å². The lowest BCUT2D eigenvalue weighted by Crippen LogP contribution is -2.23. The van der Waals surface area contributed by atoms with Crippen molar-refractivity contribution in [2.24, 2.45) is 0 Å². The second-order valence-electron chi connectivity index (χ2n) is 3.27. The number of rotatable bonds is 5. The Hall–Kier alpha value is -0.590. The Balaban J connectivity index is 2.64. The summed E-state index contributed by atoms with van der Waals surface area (Å²) in [5.74, 6) is 0.471. The highest BCUT2D eigenvalue weighted by atomic mass is 79.9. The van der Waals surface area contributed by atoms with E-state index in [1.807, 2.05) is 12.1 Å². The molecule has 0 heterocycles. The normalized spacial score (nSPS) is 10.1. The maximum absolute atomic E-state index is 10.9. The Bertz CT molecular complexity index is 387. The fourth-order valence-electron chi connectivity index (χ4n) is 1.29. The van der Waals surface area contributed by atoms with Crippen LogP contribution in [0.15, 0.2) is 21.1 Å². The van der Waals surface area contributed by atoms with E-state index in [4.69, 9.17) is 4.74 Å². The molecule has 4 nitrogen and oxygen atoms in total. The van der Waals surface area contributed by atoms with Gasteiger partial charge in [-0.2, -0.15) is 0 Å². The van der Waals surface area contributed by atoms with Crippen molar-refractivity contribution in [1.29, 1.82) is 0 Å². The number of carbonyl (C=O) groups excluding carboxylic acids is 1. The molecule has 17 heavy (non-hydrogen) atoms. The lowest BCUT2D eigenvalue weighted by Gasteiger charge is -2.09. The zero-order valence-electron chi connectivity index (χ0n) is 9.55. The van der Waals surface area contributed by atoms with Gasteiger partial charge >= 0.3 is 5.97 Å². The molecule has 0 radical (unpaired) electrons. The monoisotopic (exact) mass is 365 g/mol. The molecule has 0 unspecified atom stereocenters. The lowest BCUT2D eigenvalue weighted by atomic mass is 10.2. The van der Waals surface area contributed by atoms with Gasteiger partial charge in [0.2, 0.25) is 0 Å². The highest BCUT2D eigenvalue weighted by Crippen LogP contribution is 2.34. The molecule has 0 saturated heterocycles. The fraction of sp³-hybridized carbons (Fsp3) is 0.364. The quantitative estimate of drug-likeness (QED) is 0.813. The standard InChI is InChI=1S/C11H13Br2NO3/c1-16-10(15)6-14-5-7-3-8(12)11(17-2)9(13)4-7/h3-4,14H,5-6H2,1-2H3. The van der Waals surface area contributed by atoms with E-state index in [0.29, 0.717) is 6.54 Å². The molecule has 0 fully saturated rings. The summed E-state index contributed by atoms with van der Waals surface area (Å²) < 4.78 is 11.5. The average molecular weight is 367 g/mol. The second-order valence-corrected chi connectivity index (χ2v) is 4.98. The van der Waals surface area contributed by atoms with Gasteiger partial charge in [0.25, 0.3) is 0 Å². The predicted molar refractivity (Wildman–Crippen MR) is 72.1 cm³/mol. The van der Waals surface area contributed by atoms with Crippen LogP contribution in [0.3, 0.4) is 0 Å². The molecule has 1 N–H and O–H groups in total. The maximum atomic E-state index is 10.9. The van der Waals surface area contributed by atoms with E-state index in [1.165, 1.54) is 7.11 Å². The van der Waals surface area contributed by atoms with Crippen molar-refractivity contribution in [3.8, 4) is 5.75 Å². The first kappa shape index (κ1) is 14.5. The average Bonchev–Trinajstić information content (AvgIpc) is 2.28. The molecule has 0 aliphatic carbocycles. The van der Waals surface area contributed by atoms with Crippen molar-refractivity contribution in [2.75, 3.05) is 20.8 Å². The first-order valence-corrected chi connectivity index (χ1v) is 6.46. The van der Waals surface area contributed by atoms with E-state index < -0.39 is 0 Å². The van der Waals surface area contributed by atoms with Crippen LogP contribution in [0.2, 0.25) is 0 Å². The molecule has 1 aromatic rings. The molecule has 0 amide bonds. The fourth-order valence-corrected chi connectivity index (χ4v) is 2.90. The number of halogens is 2. The van der Waals surface area contributed by atoms with Crippen molar-refractivity contribution >= 4 is 37.8 Å². The van der Waals surface area contributed by atoms with Crippen LogP contribution in [-0.2, 0) is 16.1 Å². The summed E-state index contributed by atoms with van der Waals surface area (Å²) in [5.41, 5.74) is 1.04. The zero-order chi connectivity index (χ0) is 12.8. The second kappa shape index (κ2) is 6.98. The molecule has 6 heteroatoms. The maximum Gasteiger partial charge on any atom is 0.319 e. The highest BCUT2D eigenvalue weighted by Gasteiger charge is 2.08. The third kappa shape index (κ3) is 4.29. The number of ether oxygens (including phenoxy) is 2. The van der Waals surface area contributed by atoms with Crippen molar-refractivity contribution in [1.82, 2.24) is 5.32 Å². The molecule has 0 aliphatic rings. The van der Waals surface area contributed by atoms with Gasteiger partial charge in [-0.05, 0) is 49.6 Å². The number of carbonyl (C=O) groups is 1. The van der Waals surface area contributed by atoms with Gasteiger partial charge in [-0.3, -0.25) is 4.79 Å². The van der Waals surface area contributed by atoms with Crippen molar-refractivity contribution < 1.29 is 14.3 Å². The molecular formula is C11H13Br2NO3. The van der Waals surface area contributed by atoms with Crippen LogP contribution in [0.5, 0.6) is 5.75 Å². The number of hydrogen-bond acceptors (Lipinski definition) is 4. The van der Waals surface area contributed by atoms with E-state index in [2.05, 4.69) is 41.9 Å².